The van der Waals surface area contributed by atoms with Crippen LogP contribution in [0.3, 0.4) is 0 Å². The first kappa shape index (κ1) is 12.3. The molecule has 1 aromatic carbocycles. The van der Waals surface area contributed by atoms with Gasteiger partial charge < -0.3 is 10.6 Å². The average molecular weight is 246 g/mol. The van der Waals surface area contributed by atoms with Crippen molar-refractivity contribution in [1.82, 2.24) is 4.90 Å². The number of rotatable bonds is 2. The number of carbonyl (C=O) groups is 3. The normalized spacial score (nSPS) is 15.6. The first-order valence-electron chi connectivity index (χ1n) is 5.79. The molecule has 0 bridgehead atoms. The Balaban J connectivity index is 2.09. The number of Topliss-reactive ketones (excluding diaryl/α,β-unsaturated/α-hetero) is 1. The number of piperidine rings is 1. The summed E-state index contributed by atoms with van der Waals surface area (Å²) in [4.78, 5) is 35.7. The van der Waals surface area contributed by atoms with Crippen molar-refractivity contribution < 1.29 is 14.4 Å². The van der Waals surface area contributed by atoms with Gasteiger partial charge in [-0.1, -0.05) is 0 Å². The van der Waals surface area contributed by atoms with Crippen molar-refractivity contribution in [2.75, 3.05) is 13.1 Å². The predicted molar refractivity (Wildman–Crippen MR) is 65.1 cm³/mol. The number of ketones is 1. The van der Waals surface area contributed by atoms with Gasteiger partial charge in [-0.05, 0) is 24.3 Å². The fourth-order valence-electron chi connectivity index (χ4n) is 1.92. The first-order valence-corrected chi connectivity index (χ1v) is 5.79. The number of hydrogen-bond donors (Lipinski definition) is 1. The van der Waals surface area contributed by atoms with Gasteiger partial charge >= 0.3 is 0 Å². The van der Waals surface area contributed by atoms with Crippen LogP contribution in [-0.4, -0.2) is 35.6 Å². The lowest BCUT2D eigenvalue weighted by atomic mass is 10.1. The van der Waals surface area contributed by atoms with Crippen molar-refractivity contribution in [3.8, 4) is 0 Å². The zero-order chi connectivity index (χ0) is 13.1. The summed E-state index contributed by atoms with van der Waals surface area (Å²) in [7, 11) is 0. The van der Waals surface area contributed by atoms with Gasteiger partial charge in [0.15, 0.2) is 0 Å². The Hall–Kier alpha value is -2.17. The van der Waals surface area contributed by atoms with Crippen LogP contribution in [0.5, 0.6) is 0 Å². The summed E-state index contributed by atoms with van der Waals surface area (Å²) in [5.41, 5.74) is 6.01. The Kier molecular flexibility index (Phi) is 3.41. The van der Waals surface area contributed by atoms with Gasteiger partial charge in [-0.3, -0.25) is 14.4 Å². The number of amides is 2. The number of primary amides is 1. The maximum absolute atomic E-state index is 12.1. The van der Waals surface area contributed by atoms with Crippen molar-refractivity contribution in [2.45, 2.75) is 12.8 Å². The van der Waals surface area contributed by atoms with Crippen LogP contribution in [0.15, 0.2) is 24.3 Å². The zero-order valence-electron chi connectivity index (χ0n) is 9.89. The second-order valence-corrected chi connectivity index (χ2v) is 4.27. The SMILES string of the molecule is NC(=O)c1ccc(C(=O)N2CCC(=O)CC2)cc1. The Morgan fingerprint density at radius 1 is 1.00 bits per heavy atom. The summed E-state index contributed by atoms with van der Waals surface area (Å²) in [5, 5.41) is 0. The van der Waals surface area contributed by atoms with Crippen molar-refractivity contribution in [1.29, 1.82) is 0 Å². The zero-order valence-corrected chi connectivity index (χ0v) is 9.89. The molecule has 1 aromatic rings. The van der Waals surface area contributed by atoms with Gasteiger partial charge in [-0.15, -0.1) is 0 Å². The third kappa shape index (κ3) is 2.56. The molecular formula is C13H14N2O3. The fourth-order valence-corrected chi connectivity index (χ4v) is 1.92. The molecule has 94 valence electrons. The third-order valence-electron chi connectivity index (χ3n) is 3.02. The molecule has 0 spiro atoms. The molecule has 1 saturated heterocycles. The number of likely N-dealkylation sites (tertiary alicyclic amines) is 1. The third-order valence-corrected chi connectivity index (χ3v) is 3.02. The van der Waals surface area contributed by atoms with E-state index in [1.165, 1.54) is 12.1 Å². The highest BCUT2D eigenvalue weighted by Crippen LogP contribution is 2.12. The highest BCUT2D eigenvalue weighted by molar-refractivity contribution is 5.97. The smallest absolute Gasteiger partial charge is 0.253 e. The quantitative estimate of drug-likeness (QED) is 0.829. The summed E-state index contributed by atoms with van der Waals surface area (Å²) >= 11 is 0. The molecule has 0 atom stereocenters. The lowest BCUT2D eigenvalue weighted by molar-refractivity contribution is -0.120. The van der Waals surface area contributed by atoms with E-state index in [1.54, 1.807) is 17.0 Å². The molecule has 1 heterocycles. The second-order valence-electron chi connectivity index (χ2n) is 4.27. The Morgan fingerprint density at radius 3 is 2.00 bits per heavy atom. The lowest BCUT2D eigenvalue weighted by Gasteiger charge is -2.26. The minimum absolute atomic E-state index is 0.112. The van der Waals surface area contributed by atoms with Crippen LogP contribution in [0, 0.1) is 0 Å². The van der Waals surface area contributed by atoms with Crippen LogP contribution >= 0.6 is 0 Å². The van der Waals surface area contributed by atoms with E-state index < -0.39 is 5.91 Å². The minimum atomic E-state index is -0.516. The Labute approximate surface area is 105 Å². The van der Waals surface area contributed by atoms with Crippen molar-refractivity contribution in [3.05, 3.63) is 35.4 Å². The maximum atomic E-state index is 12.1. The van der Waals surface area contributed by atoms with Gasteiger partial charge in [-0.2, -0.15) is 0 Å². The first-order chi connectivity index (χ1) is 8.58. The predicted octanol–water partition coefficient (Wildman–Crippen LogP) is 0.591. The molecule has 18 heavy (non-hydrogen) atoms. The van der Waals surface area contributed by atoms with E-state index in [-0.39, 0.29) is 11.7 Å². The summed E-state index contributed by atoms with van der Waals surface area (Å²) < 4.78 is 0. The van der Waals surface area contributed by atoms with E-state index in [0.29, 0.717) is 37.1 Å². The maximum Gasteiger partial charge on any atom is 0.253 e. The largest absolute Gasteiger partial charge is 0.366 e. The summed E-state index contributed by atoms with van der Waals surface area (Å²) in [6, 6.07) is 6.23. The van der Waals surface area contributed by atoms with Gasteiger partial charge in [0.2, 0.25) is 5.91 Å². The molecule has 0 aliphatic carbocycles. The molecule has 1 fully saturated rings. The summed E-state index contributed by atoms with van der Waals surface area (Å²) in [6.45, 7) is 0.935. The molecule has 0 unspecified atom stereocenters. The molecule has 2 amide bonds. The van der Waals surface area contributed by atoms with Crippen LogP contribution < -0.4 is 5.73 Å². The molecule has 0 saturated carbocycles. The van der Waals surface area contributed by atoms with E-state index in [2.05, 4.69) is 0 Å². The molecule has 2 N–H and O–H groups in total. The molecule has 0 aromatic heterocycles. The van der Waals surface area contributed by atoms with Crippen molar-refractivity contribution >= 4 is 17.6 Å². The van der Waals surface area contributed by atoms with E-state index in [0.717, 1.165) is 0 Å². The van der Waals surface area contributed by atoms with E-state index >= 15 is 0 Å². The van der Waals surface area contributed by atoms with Crippen LogP contribution in [0.1, 0.15) is 33.6 Å². The minimum Gasteiger partial charge on any atom is -0.366 e. The van der Waals surface area contributed by atoms with Gasteiger partial charge in [0, 0.05) is 37.1 Å². The van der Waals surface area contributed by atoms with Crippen molar-refractivity contribution in [3.63, 3.8) is 0 Å². The molecule has 0 radical (unpaired) electrons. The van der Waals surface area contributed by atoms with Crippen LogP contribution in [0.25, 0.3) is 0 Å². The number of benzene rings is 1. The highest BCUT2D eigenvalue weighted by atomic mass is 16.2. The van der Waals surface area contributed by atoms with E-state index in [1.807, 2.05) is 0 Å². The van der Waals surface area contributed by atoms with Gasteiger partial charge in [-0.25, -0.2) is 0 Å². The van der Waals surface area contributed by atoms with Gasteiger partial charge in [0.1, 0.15) is 5.78 Å². The Morgan fingerprint density at radius 2 is 1.50 bits per heavy atom. The average Bonchev–Trinajstić information content (AvgIpc) is 2.39. The standard InChI is InChI=1S/C13H14N2O3/c14-12(17)9-1-3-10(4-2-9)13(18)15-7-5-11(16)6-8-15/h1-4H,5-8H2,(H2,14,17). The van der Waals surface area contributed by atoms with E-state index in [4.69, 9.17) is 5.73 Å². The number of nitrogens with two attached hydrogens (primary N) is 1. The number of nitrogens with zero attached hydrogens (tertiary/aromatic N) is 1. The molecule has 1 aliphatic heterocycles. The fraction of sp³-hybridized carbons (Fsp3) is 0.308. The second kappa shape index (κ2) is 5.00. The Bertz CT molecular complexity index is 483. The van der Waals surface area contributed by atoms with Crippen LogP contribution in [0.4, 0.5) is 0 Å². The van der Waals surface area contributed by atoms with E-state index in [9.17, 15) is 14.4 Å². The summed E-state index contributed by atoms with van der Waals surface area (Å²) in [5.74, 6) is -0.431. The van der Waals surface area contributed by atoms with Crippen LogP contribution in [-0.2, 0) is 4.79 Å². The van der Waals surface area contributed by atoms with Crippen molar-refractivity contribution in [2.24, 2.45) is 5.73 Å². The molecule has 5 nitrogen and oxygen atoms in total. The molecule has 1 aliphatic rings. The topological polar surface area (TPSA) is 80.5 Å². The highest BCUT2D eigenvalue weighted by Gasteiger charge is 2.21. The van der Waals surface area contributed by atoms with Gasteiger partial charge in [0.25, 0.3) is 5.91 Å². The molecular weight excluding hydrogens is 232 g/mol. The molecule has 2 rings (SSSR count). The summed E-state index contributed by atoms with van der Waals surface area (Å²) in [6.07, 6.45) is 0.843. The monoisotopic (exact) mass is 246 g/mol. The van der Waals surface area contributed by atoms with Gasteiger partial charge in [0.05, 0.1) is 0 Å². The lowest BCUT2D eigenvalue weighted by Crippen LogP contribution is -2.38. The molecule has 5 heteroatoms. The van der Waals surface area contributed by atoms with Crippen LogP contribution in [0.2, 0.25) is 0 Å². The number of carbonyl (C=O) groups excluding carboxylic acids is 3. The number of hydrogen-bond acceptors (Lipinski definition) is 3.